The summed E-state index contributed by atoms with van der Waals surface area (Å²) in [6, 6.07) is 11.1. The number of methoxy groups -OCH3 is 2. The van der Waals surface area contributed by atoms with Crippen LogP contribution in [0.25, 0.3) is 0 Å². The number of carbonyl (C=O) groups excluding carboxylic acids is 1. The molecule has 2 aromatic carbocycles. The van der Waals surface area contributed by atoms with Crippen molar-refractivity contribution in [3.8, 4) is 5.75 Å². The molecule has 0 atom stereocenters. The van der Waals surface area contributed by atoms with Crippen LogP contribution < -0.4 is 14.8 Å². The molecular formula is C19H23ClN2O5S. The van der Waals surface area contributed by atoms with E-state index in [0.717, 1.165) is 5.56 Å². The van der Waals surface area contributed by atoms with Crippen molar-refractivity contribution in [1.82, 2.24) is 10.0 Å². The fraction of sp³-hybridized carbons (Fsp3) is 0.316. The molecule has 0 aliphatic carbocycles. The van der Waals surface area contributed by atoms with Gasteiger partial charge in [-0.1, -0.05) is 23.7 Å². The van der Waals surface area contributed by atoms with Crippen molar-refractivity contribution >= 4 is 27.5 Å². The molecule has 0 heterocycles. The Labute approximate surface area is 170 Å². The maximum absolute atomic E-state index is 12.8. The zero-order valence-corrected chi connectivity index (χ0v) is 17.3. The van der Waals surface area contributed by atoms with Gasteiger partial charge >= 0.3 is 0 Å². The van der Waals surface area contributed by atoms with Crippen LogP contribution in [-0.2, 0) is 21.3 Å². The van der Waals surface area contributed by atoms with Crippen LogP contribution in [0.5, 0.6) is 5.75 Å². The van der Waals surface area contributed by atoms with E-state index in [-0.39, 0.29) is 28.7 Å². The molecule has 0 aromatic heterocycles. The number of ether oxygens (including phenoxy) is 2. The molecule has 152 valence electrons. The summed E-state index contributed by atoms with van der Waals surface area (Å²) in [5.74, 6) is -0.215. The Morgan fingerprint density at radius 3 is 2.46 bits per heavy atom. The lowest BCUT2D eigenvalue weighted by Crippen LogP contribution is -2.27. The largest absolute Gasteiger partial charge is 0.495 e. The lowest BCUT2D eigenvalue weighted by molar-refractivity contribution is 0.0948. The molecule has 2 aromatic rings. The lowest BCUT2D eigenvalue weighted by atomic mass is 10.2. The number of carbonyl (C=O) groups is 1. The van der Waals surface area contributed by atoms with Crippen LogP contribution in [0, 0.1) is 0 Å². The molecule has 0 radical (unpaired) electrons. The van der Waals surface area contributed by atoms with Crippen LogP contribution in [0.15, 0.2) is 47.4 Å². The fourth-order valence-electron chi connectivity index (χ4n) is 2.41. The van der Waals surface area contributed by atoms with E-state index >= 15 is 0 Å². The van der Waals surface area contributed by atoms with Gasteiger partial charge in [0, 0.05) is 37.4 Å². The monoisotopic (exact) mass is 426 g/mol. The predicted octanol–water partition coefficient (Wildman–Crippen LogP) is 2.59. The van der Waals surface area contributed by atoms with Gasteiger partial charge in [-0.25, -0.2) is 13.1 Å². The quantitative estimate of drug-likeness (QED) is 0.569. The molecule has 7 nitrogen and oxygen atoms in total. The van der Waals surface area contributed by atoms with E-state index in [0.29, 0.717) is 24.6 Å². The van der Waals surface area contributed by atoms with Crippen LogP contribution in [0.3, 0.4) is 0 Å². The molecule has 0 bridgehead atoms. The van der Waals surface area contributed by atoms with Crippen molar-refractivity contribution in [3.05, 3.63) is 58.6 Å². The Morgan fingerprint density at radius 1 is 1.11 bits per heavy atom. The second kappa shape index (κ2) is 10.4. The van der Waals surface area contributed by atoms with Crippen molar-refractivity contribution in [3.63, 3.8) is 0 Å². The SMILES string of the molecule is COCCCNC(=O)c1ccc(OC)c(S(=O)(=O)NCc2ccc(Cl)cc2)c1. The Kier molecular flexibility index (Phi) is 8.25. The number of hydrogen-bond acceptors (Lipinski definition) is 5. The lowest BCUT2D eigenvalue weighted by Gasteiger charge is -2.13. The van der Waals surface area contributed by atoms with Crippen molar-refractivity contribution in [2.24, 2.45) is 0 Å². The third-order valence-corrected chi connectivity index (χ3v) is 5.58. The molecular weight excluding hydrogens is 404 g/mol. The highest BCUT2D eigenvalue weighted by molar-refractivity contribution is 7.89. The number of halogens is 1. The van der Waals surface area contributed by atoms with Crippen molar-refractivity contribution in [2.45, 2.75) is 17.9 Å². The van der Waals surface area contributed by atoms with E-state index in [9.17, 15) is 13.2 Å². The van der Waals surface area contributed by atoms with Gasteiger partial charge in [-0.2, -0.15) is 0 Å². The molecule has 0 aliphatic heterocycles. The average Bonchev–Trinajstić information content (AvgIpc) is 2.70. The second-order valence-corrected chi connectivity index (χ2v) is 8.09. The molecule has 0 fully saturated rings. The summed E-state index contributed by atoms with van der Waals surface area (Å²) in [5.41, 5.74) is 0.976. The van der Waals surface area contributed by atoms with E-state index in [1.54, 1.807) is 31.4 Å². The van der Waals surface area contributed by atoms with E-state index in [1.807, 2.05) is 0 Å². The van der Waals surface area contributed by atoms with Gasteiger partial charge in [0.25, 0.3) is 5.91 Å². The zero-order valence-electron chi connectivity index (χ0n) is 15.7. The molecule has 9 heteroatoms. The van der Waals surface area contributed by atoms with Gasteiger partial charge in [-0.15, -0.1) is 0 Å². The zero-order chi connectivity index (χ0) is 20.6. The number of nitrogens with one attached hydrogen (secondary N) is 2. The van der Waals surface area contributed by atoms with Gasteiger partial charge in [0.2, 0.25) is 10.0 Å². The smallest absolute Gasteiger partial charge is 0.251 e. The molecule has 1 amide bonds. The van der Waals surface area contributed by atoms with Crippen LogP contribution in [0.2, 0.25) is 5.02 Å². The first kappa shape index (κ1) is 22.2. The molecule has 0 saturated heterocycles. The molecule has 2 rings (SSSR count). The number of rotatable bonds is 10. The number of sulfonamides is 1. The van der Waals surface area contributed by atoms with Crippen molar-refractivity contribution in [2.75, 3.05) is 27.4 Å². The molecule has 0 spiro atoms. The van der Waals surface area contributed by atoms with Crippen LogP contribution >= 0.6 is 11.6 Å². The Bertz CT molecular complexity index is 901. The summed E-state index contributed by atoms with van der Waals surface area (Å²) in [6.07, 6.45) is 0.659. The summed E-state index contributed by atoms with van der Waals surface area (Å²) in [6.45, 7) is 1.03. The first-order valence-corrected chi connectivity index (χ1v) is 10.4. The highest BCUT2D eigenvalue weighted by Gasteiger charge is 2.21. The minimum absolute atomic E-state index is 0.0795. The molecule has 2 N–H and O–H groups in total. The average molecular weight is 427 g/mol. The maximum atomic E-state index is 12.8. The first-order valence-electron chi connectivity index (χ1n) is 8.56. The third kappa shape index (κ3) is 6.20. The van der Waals surface area contributed by atoms with E-state index < -0.39 is 10.0 Å². The van der Waals surface area contributed by atoms with Crippen LogP contribution in [-0.4, -0.2) is 41.7 Å². The molecule has 0 unspecified atom stereocenters. The Hall–Kier alpha value is -2.13. The highest BCUT2D eigenvalue weighted by Crippen LogP contribution is 2.25. The van der Waals surface area contributed by atoms with Gasteiger partial charge in [-0.05, 0) is 42.3 Å². The van der Waals surface area contributed by atoms with Gasteiger partial charge in [-0.3, -0.25) is 4.79 Å². The molecule has 0 saturated carbocycles. The maximum Gasteiger partial charge on any atom is 0.251 e. The topological polar surface area (TPSA) is 93.7 Å². The Balaban J connectivity index is 2.16. The third-order valence-electron chi connectivity index (χ3n) is 3.91. The summed E-state index contributed by atoms with van der Waals surface area (Å²) in [5, 5.41) is 3.29. The van der Waals surface area contributed by atoms with E-state index in [1.165, 1.54) is 25.3 Å². The van der Waals surface area contributed by atoms with Gasteiger partial charge in [0.15, 0.2) is 0 Å². The summed E-state index contributed by atoms with van der Waals surface area (Å²) in [4.78, 5) is 12.2. The van der Waals surface area contributed by atoms with Crippen molar-refractivity contribution in [1.29, 1.82) is 0 Å². The second-order valence-electron chi connectivity index (χ2n) is 5.92. The summed E-state index contributed by atoms with van der Waals surface area (Å²) < 4.78 is 38.1. The first-order chi connectivity index (χ1) is 13.4. The van der Waals surface area contributed by atoms with E-state index in [4.69, 9.17) is 21.1 Å². The predicted molar refractivity (Wildman–Crippen MR) is 107 cm³/mol. The fourth-order valence-corrected chi connectivity index (χ4v) is 3.74. The van der Waals surface area contributed by atoms with Crippen LogP contribution in [0.4, 0.5) is 0 Å². The van der Waals surface area contributed by atoms with Crippen molar-refractivity contribution < 1.29 is 22.7 Å². The minimum atomic E-state index is -3.90. The molecule has 28 heavy (non-hydrogen) atoms. The van der Waals surface area contributed by atoms with Crippen LogP contribution in [0.1, 0.15) is 22.3 Å². The van der Waals surface area contributed by atoms with Gasteiger partial charge in [0.1, 0.15) is 10.6 Å². The minimum Gasteiger partial charge on any atom is -0.495 e. The summed E-state index contributed by atoms with van der Waals surface area (Å²) in [7, 11) is -0.949. The Morgan fingerprint density at radius 2 is 1.82 bits per heavy atom. The highest BCUT2D eigenvalue weighted by atomic mass is 35.5. The normalized spacial score (nSPS) is 11.2. The van der Waals surface area contributed by atoms with Gasteiger partial charge in [0.05, 0.1) is 7.11 Å². The molecule has 0 aliphatic rings. The standard InChI is InChI=1S/C19H23ClN2O5S/c1-26-11-3-10-21-19(23)15-6-9-17(27-2)18(12-15)28(24,25)22-13-14-4-7-16(20)8-5-14/h4-9,12,22H,3,10-11,13H2,1-2H3,(H,21,23). The van der Waals surface area contributed by atoms with Gasteiger partial charge < -0.3 is 14.8 Å². The number of benzene rings is 2. The number of hydrogen-bond donors (Lipinski definition) is 2. The number of amides is 1. The summed E-state index contributed by atoms with van der Waals surface area (Å²) >= 11 is 5.84. The van der Waals surface area contributed by atoms with E-state index in [2.05, 4.69) is 10.0 Å².